The lowest BCUT2D eigenvalue weighted by molar-refractivity contribution is -0.739. The van der Waals surface area contributed by atoms with E-state index in [2.05, 4.69) is 162 Å². The van der Waals surface area contributed by atoms with E-state index in [-0.39, 0.29) is 12.3 Å². The average Bonchev–Trinajstić information content (AvgIpc) is 3.88. The second-order valence-corrected chi connectivity index (χ2v) is 16.5. The number of aliphatic imine (C=N–C) groups is 1. The van der Waals surface area contributed by atoms with Crippen molar-refractivity contribution < 1.29 is 5.32 Å². The first kappa shape index (κ1) is 29.4. The van der Waals surface area contributed by atoms with Gasteiger partial charge in [0.1, 0.15) is 5.84 Å². The number of hydrogen-bond acceptors (Lipinski definition) is 5. The molecule has 3 nitrogen and oxygen atoms in total. The van der Waals surface area contributed by atoms with Crippen molar-refractivity contribution in [2.75, 3.05) is 0 Å². The number of nitrogens with one attached hydrogen (secondary N) is 1. The van der Waals surface area contributed by atoms with Crippen molar-refractivity contribution in [1.29, 1.82) is 0 Å². The summed E-state index contributed by atoms with van der Waals surface area (Å²) in [7, 11) is 0. The topological polar surface area (TPSA) is 41.0 Å². The highest BCUT2D eigenvalue weighted by Gasteiger charge is 2.30. The highest BCUT2D eigenvalue weighted by atomic mass is 32.1. The highest BCUT2D eigenvalue weighted by molar-refractivity contribution is 7.27. The summed E-state index contributed by atoms with van der Waals surface area (Å²) in [5, 5.41) is 14.1. The summed E-state index contributed by atoms with van der Waals surface area (Å²) in [4.78, 5) is 5.44. The minimum absolute atomic E-state index is 0.0258. The van der Waals surface area contributed by atoms with Crippen molar-refractivity contribution in [3.63, 3.8) is 0 Å². The second-order valence-electron chi connectivity index (χ2n) is 13.3. The van der Waals surface area contributed by atoms with Crippen LogP contribution >= 0.6 is 34.0 Å². The molecule has 2 atom stereocenters. The van der Waals surface area contributed by atoms with Crippen LogP contribution in [-0.4, -0.2) is 5.84 Å². The van der Waals surface area contributed by atoms with Gasteiger partial charge in [0.25, 0.3) is 0 Å². The molecule has 0 fully saturated rings. The van der Waals surface area contributed by atoms with Crippen molar-refractivity contribution in [2.24, 2.45) is 4.99 Å². The maximum atomic E-state index is 5.44. The van der Waals surface area contributed by atoms with E-state index in [9.17, 15) is 0 Å². The van der Waals surface area contributed by atoms with Crippen molar-refractivity contribution in [1.82, 2.24) is 5.32 Å². The maximum absolute atomic E-state index is 5.44. The van der Waals surface area contributed by atoms with E-state index >= 15 is 0 Å². The van der Waals surface area contributed by atoms with Gasteiger partial charge in [-0.3, -0.25) is 5.32 Å². The molecule has 1 aliphatic heterocycles. The SMILES string of the molecule is c1ccc(C2NC(c3ccc4sc5cccc(-c6cccc7c6sc6ccccc67)c5c4c3)=NC(c3ccc4c(c3)sc3ccccc34)[NH2+]2)cc1. The molecule has 3 N–H and O–H groups in total. The zero-order chi connectivity index (χ0) is 33.5. The van der Waals surface area contributed by atoms with E-state index in [1.165, 1.54) is 82.8 Å². The molecule has 0 radical (unpaired) electrons. The molecule has 3 aromatic heterocycles. The maximum Gasteiger partial charge on any atom is 0.209 e. The normalized spacial score (nSPS) is 16.4. The van der Waals surface area contributed by atoms with Gasteiger partial charge in [0.05, 0.1) is 0 Å². The Morgan fingerprint density at radius 2 is 1.14 bits per heavy atom. The van der Waals surface area contributed by atoms with Crippen LogP contribution in [0.5, 0.6) is 0 Å². The molecule has 0 saturated carbocycles. The lowest BCUT2D eigenvalue weighted by Crippen LogP contribution is -2.90. The lowest BCUT2D eigenvalue weighted by Gasteiger charge is -2.29. The molecule has 51 heavy (non-hydrogen) atoms. The molecule has 10 aromatic rings. The van der Waals surface area contributed by atoms with Gasteiger partial charge in [0, 0.05) is 82.8 Å². The van der Waals surface area contributed by atoms with Gasteiger partial charge < -0.3 is 5.32 Å². The molecule has 2 unspecified atom stereocenters. The number of thiophene rings is 3. The largest absolute Gasteiger partial charge is 0.317 e. The molecule has 0 saturated heterocycles. The Labute approximate surface area is 306 Å². The average molecular weight is 709 g/mol. The zero-order valence-electron chi connectivity index (χ0n) is 27.3. The number of nitrogens with zero attached hydrogens (tertiary/aromatic N) is 1. The molecule has 242 valence electrons. The molecule has 0 spiro atoms. The van der Waals surface area contributed by atoms with Crippen molar-refractivity contribution >= 4 is 100 Å². The summed E-state index contributed by atoms with van der Waals surface area (Å²) in [6, 6.07) is 55.6. The monoisotopic (exact) mass is 708 g/mol. The summed E-state index contributed by atoms with van der Waals surface area (Å²) in [5.74, 6) is 0.929. The van der Waals surface area contributed by atoms with E-state index in [0.29, 0.717) is 0 Å². The molecule has 11 rings (SSSR count). The smallest absolute Gasteiger partial charge is 0.209 e. The Bertz CT molecular complexity index is 3000. The fourth-order valence-electron chi connectivity index (χ4n) is 7.88. The van der Waals surface area contributed by atoms with Crippen LogP contribution in [0, 0.1) is 0 Å². The van der Waals surface area contributed by atoms with Crippen LogP contribution in [0.4, 0.5) is 0 Å². The highest BCUT2D eigenvalue weighted by Crippen LogP contribution is 2.45. The Morgan fingerprint density at radius 3 is 2.02 bits per heavy atom. The predicted molar refractivity (Wildman–Crippen MR) is 221 cm³/mol. The van der Waals surface area contributed by atoms with Gasteiger partial charge in [-0.2, -0.15) is 0 Å². The fraction of sp³-hybridized carbons (Fsp3) is 0.0444. The third-order valence-corrected chi connectivity index (χ3v) is 13.8. The molecule has 0 aliphatic carbocycles. The third-order valence-electron chi connectivity index (χ3n) is 10.3. The van der Waals surface area contributed by atoms with E-state index < -0.39 is 0 Å². The van der Waals surface area contributed by atoms with Gasteiger partial charge in [-0.1, -0.05) is 109 Å². The molecule has 1 aliphatic rings. The number of nitrogens with two attached hydrogens (primary N) is 1. The molecule has 0 bridgehead atoms. The summed E-state index contributed by atoms with van der Waals surface area (Å²) in [6.07, 6.45) is -0.0602. The zero-order valence-corrected chi connectivity index (χ0v) is 29.8. The Balaban J connectivity index is 1.07. The van der Waals surface area contributed by atoms with Gasteiger partial charge in [-0.15, -0.1) is 34.0 Å². The fourth-order valence-corrected chi connectivity index (χ4v) is 11.4. The van der Waals surface area contributed by atoms with E-state index in [1.54, 1.807) is 0 Å². The molecule has 4 heterocycles. The minimum atomic E-state index is -0.0860. The minimum Gasteiger partial charge on any atom is -0.317 e. The van der Waals surface area contributed by atoms with Crippen molar-refractivity contribution in [3.05, 3.63) is 168 Å². The second kappa shape index (κ2) is 11.6. The standard InChI is InChI=1S/C45H29N3S3/c1-2-10-26(11-3-1)43-46-44(48-45(47-43)28-20-22-31-29-12-4-6-17-36(29)50-40(31)25-28)27-21-23-38-35(24-27)41-32(14-9-19-39(41)49-38)34-16-8-15-33-30-13-5-7-18-37(30)51-42(33)34/h1-25,43,45,47H,(H,46,48)/p+1. The van der Waals surface area contributed by atoms with Crippen LogP contribution in [0.15, 0.2) is 157 Å². The van der Waals surface area contributed by atoms with E-state index in [4.69, 9.17) is 4.99 Å². The van der Waals surface area contributed by atoms with Crippen LogP contribution in [-0.2, 0) is 0 Å². The van der Waals surface area contributed by atoms with Gasteiger partial charge in [0.2, 0.25) is 6.17 Å². The number of amidine groups is 1. The molecule has 7 aromatic carbocycles. The summed E-state index contributed by atoms with van der Waals surface area (Å²) in [6.45, 7) is 0. The van der Waals surface area contributed by atoms with Crippen molar-refractivity contribution in [3.8, 4) is 11.1 Å². The molecule has 6 heteroatoms. The first-order valence-electron chi connectivity index (χ1n) is 17.3. The van der Waals surface area contributed by atoms with Crippen LogP contribution in [0.25, 0.3) is 71.6 Å². The van der Waals surface area contributed by atoms with Gasteiger partial charge in [0.15, 0.2) is 6.17 Å². The van der Waals surface area contributed by atoms with E-state index in [1.807, 2.05) is 34.0 Å². The Kier molecular flexibility index (Phi) is 6.67. The number of hydrogen-bond donors (Lipinski definition) is 2. The first-order chi connectivity index (χ1) is 25.2. The first-order valence-corrected chi connectivity index (χ1v) is 19.7. The molecular weight excluding hydrogens is 679 g/mol. The van der Waals surface area contributed by atoms with Gasteiger partial charge in [-0.25, -0.2) is 4.99 Å². The van der Waals surface area contributed by atoms with Gasteiger partial charge in [-0.05, 0) is 48.0 Å². The molecular formula is C45H30N3S3+. The number of quaternary nitrogens is 1. The quantitative estimate of drug-likeness (QED) is 0.188. The van der Waals surface area contributed by atoms with Crippen LogP contribution < -0.4 is 10.6 Å². The van der Waals surface area contributed by atoms with Crippen LogP contribution in [0.2, 0.25) is 0 Å². The summed E-state index contributed by atoms with van der Waals surface area (Å²) < 4.78 is 7.91. The van der Waals surface area contributed by atoms with Gasteiger partial charge >= 0.3 is 0 Å². The lowest BCUT2D eigenvalue weighted by atomic mass is 9.97. The van der Waals surface area contributed by atoms with Crippen LogP contribution in [0.1, 0.15) is 29.0 Å². The Morgan fingerprint density at radius 1 is 0.471 bits per heavy atom. The van der Waals surface area contributed by atoms with Crippen molar-refractivity contribution in [2.45, 2.75) is 12.3 Å². The van der Waals surface area contributed by atoms with Crippen LogP contribution in [0.3, 0.4) is 0 Å². The number of fused-ring (bicyclic) bond motifs is 9. The predicted octanol–water partition coefficient (Wildman–Crippen LogP) is 11.8. The third kappa shape index (κ3) is 4.75. The summed E-state index contributed by atoms with van der Waals surface area (Å²) >= 11 is 5.63. The van der Waals surface area contributed by atoms with E-state index in [0.717, 1.165) is 11.4 Å². The summed E-state index contributed by atoms with van der Waals surface area (Å²) in [5.41, 5.74) is 6.15. The number of benzene rings is 7. The number of rotatable bonds is 4. The Hall–Kier alpha value is -5.37. The molecule has 0 amide bonds.